The highest BCUT2D eigenvalue weighted by atomic mass is 16.3. The van der Waals surface area contributed by atoms with Crippen LogP contribution in [0, 0.1) is 25.2 Å². The molecule has 0 aliphatic carbocycles. The molecular formula is C24H23N2O+. The number of aryl methyl sites for hydroxylation is 3. The van der Waals surface area contributed by atoms with Crippen molar-refractivity contribution < 1.29 is 8.98 Å². The first-order valence-corrected chi connectivity index (χ1v) is 9.28. The van der Waals surface area contributed by atoms with E-state index in [4.69, 9.17) is 4.42 Å². The molecule has 2 aromatic heterocycles. The Kier molecular flexibility index (Phi) is 4.00. The van der Waals surface area contributed by atoms with Crippen LogP contribution in [-0.2, 0) is 7.05 Å². The SMILES string of the molecule is Cc1ccc2c(oc3c(C#N)c(C(C)C)cc(C)c32)c1-c1cccc[n+]1C. The fourth-order valence-corrected chi connectivity index (χ4v) is 4.01. The van der Waals surface area contributed by atoms with Gasteiger partial charge in [0.2, 0.25) is 5.69 Å². The standard InChI is InChI=1S/C24H23N2O/c1-14(2)18-12-16(4)21-17-10-9-15(3)22(20-8-6-7-11-26(20)5)23(17)27-24(21)19(18)13-25/h6-12,14H,1-5H3/q+1. The Morgan fingerprint density at radius 1 is 1.04 bits per heavy atom. The van der Waals surface area contributed by atoms with Crippen LogP contribution in [0.15, 0.2) is 47.0 Å². The fraction of sp³-hybridized carbons (Fsp3) is 0.250. The molecular weight excluding hydrogens is 332 g/mol. The summed E-state index contributed by atoms with van der Waals surface area (Å²) in [6.07, 6.45) is 2.04. The van der Waals surface area contributed by atoms with Crippen molar-refractivity contribution in [2.45, 2.75) is 33.6 Å². The summed E-state index contributed by atoms with van der Waals surface area (Å²) in [5.74, 6) is 0.268. The molecule has 3 heteroatoms. The van der Waals surface area contributed by atoms with E-state index in [1.54, 1.807) is 0 Å². The smallest absolute Gasteiger partial charge is 0.216 e. The zero-order valence-corrected chi connectivity index (χ0v) is 16.4. The molecule has 0 unspecified atom stereocenters. The van der Waals surface area contributed by atoms with Gasteiger partial charge in [0.1, 0.15) is 18.7 Å². The average molecular weight is 355 g/mol. The van der Waals surface area contributed by atoms with Crippen LogP contribution in [0.25, 0.3) is 33.2 Å². The van der Waals surface area contributed by atoms with Crippen LogP contribution in [-0.4, -0.2) is 0 Å². The molecule has 0 saturated heterocycles. The van der Waals surface area contributed by atoms with Crippen LogP contribution in [0.4, 0.5) is 0 Å². The van der Waals surface area contributed by atoms with Gasteiger partial charge < -0.3 is 4.42 Å². The maximum Gasteiger partial charge on any atom is 0.216 e. The Hall–Kier alpha value is -3.12. The van der Waals surface area contributed by atoms with Crippen molar-refractivity contribution in [3.63, 3.8) is 0 Å². The predicted octanol–water partition coefficient (Wildman–Crippen LogP) is 5.69. The highest BCUT2D eigenvalue weighted by Gasteiger charge is 2.23. The second-order valence-electron chi connectivity index (χ2n) is 7.56. The van der Waals surface area contributed by atoms with Crippen molar-refractivity contribution in [3.05, 3.63) is 64.8 Å². The number of benzene rings is 2. The zero-order valence-electron chi connectivity index (χ0n) is 16.4. The number of nitriles is 1. The Morgan fingerprint density at radius 2 is 1.81 bits per heavy atom. The van der Waals surface area contributed by atoms with Gasteiger partial charge in [0.25, 0.3) is 0 Å². The Morgan fingerprint density at radius 3 is 2.48 bits per heavy atom. The van der Waals surface area contributed by atoms with Gasteiger partial charge in [-0.05, 0) is 42.5 Å². The highest BCUT2D eigenvalue weighted by molar-refractivity contribution is 6.12. The minimum atomic E-state index is 0.268. The van der Waals surface area contributed by atoms with Crippen molar-refractivity contribution in [1.82, 2.24) is 0 Å². The molecule has 0 aliphatic heterocycles. The molecule has 3 nitrogen and oxygen atoms in total. The van der Waals surface area contributed by atoms with E-state index in [0.29, 0.717) is 11.1 Å². The monoisotopic (exact) mass is 355 g/mol. The maximum atomic E-state index is 9.85. The van der Waals surface area contributed by atoms with Gasteiger partial charge in [-0.25, -0.2) is 4.57 Å². The van der Waals surface area contributed by atoms with Crippen molar-refractivity contribution in [2.75, 3.05) is 0 Å². The van der Waals surface area contributed by atoms with Crippen molar-refractivity contribution >= 4 is 21.9 Å². The molecule has 2 heterocycles. The lowest BCUT2D eigenvalue weighted by Gasteiger charge is -2.10. The van der Waals surface area contributed by atoms with Crippen LogP contribution in [0.3, 0.4) is 0 Å². The number of hydrogen-bond acceptors (Lipinski definition) is 2. The van der Waals surface area contributed by atoms with Crippen molar-refractivity contribution in [1.29, 1.82) is 5.26 Å². The van der Waals surface area contributed by atoms with Gasteiger partial charge in [-0.15, -0.1) is 0 Å². The van der Waals surface area contributed by atoms with Crippen LogP contribution in [0.2, 0.25) is 0 Å². The third-order valence-electron chi connectivity index (χ3n) is 5.39. The van der Waals surface area contributed by atoms with Gasteiger partial charge in [-0.2, -0.15) is 5.26 Å². The highest BCUT2D eigenvalue weighted by Crippen LogP contribution is 2.41. The minimum Gasteiger partial charge on any atom is -0.454 e. The van der Waals surface area contributed by atoms with Gasteiger partial charge in [-0.3, -0.25) is 0 Å². The zero-order chi connectivity index (χ0) is 19.3. The molecule has 4 aromatic rings. The molecule has 0 saturated carbocycles. The van der Waals surface area contributed by atoms with Crippen LogP contribution in [0.5, 0.6) is 0 Å². The second-order valence-corrected chi connectivity index (χ2v) is 7.56. The molecule has 0 spiro atoms. The quantitative estimate of drug-likeness (QED) is 0.433. The number of hydrogen-bond donors (Lipinski definition) is 0. The first-order valence-electron chi connectivity index (χ1n) is 9.28. The first-order chi connectivity index (χ1) is 12.9. The molecule has 0 aliphatic rings. The predicted molar refractivity (Wildman–Crippen MR) is 109 cm³/mol. The Balaban J connectivity index is 2.21. The van der Waals surface area contributed by atoms with Crippen LogP contribution in [0.1, 0.15) is 42.0 Å². The van der Waals surface area contributed by atoms with Gasteiger partial charge in [0, 0.05) is 22.9 Å². The van der Waals surface area contributed by atoms with E-state index >= 15 is 0 Å². The summed E-state index contributed by atoms with van der Waals surface area (Å²) >= 11 is 0. The molecule has 134 valence electrons. The van der Waals surface area contributed by atoms with Gasteiger partial charge in [-0.1, -0.05) is 32.0 Å². The second kappa shape index (κ2) is 6.25. The van der Waals surface area contributed by atoms with Gasteiger partial charge in [0.15, 0.2) is 11.8 Å². The molecule has 0 N–H and O–H groups in total. The number of nitrogens with zero attached hydrogens (tertiary/aromatic N) is 2. The summed E-state index contributed by atoms with van der Waals surface area (Å²) in [6, 6.07) is 15.0. The van der Waals surface area contributed by atoms with E-state index in [9.17, 15) is 5.26 Å². The van der Waals surface area contributed by atoms with E-state index in [-0.39, 0.29) is 5.92 Å². The molecule has 0 fully saturated rings. The lowest BCUT2D eigenvalue weighted by Crippen LogP contribution is -2.30. The van der Waals surface area contributed by atoms with Crippen molar-refractivity contribution in [2.24, 2.45) is 7.05 Å². The van der Waals surface area contributed by atoms with E-state index in [0.717, 1.165) is 44.3 Å². The molecule has 4 rings (SSSR count). The summed E-state index contributed by atoms with van der Waals surface area (Å²) in [6.45, 7) is 8.44. The summed E-state index contributed by atoms with van der Waals surface area (Å²) in [5.41, 5.74) is 7.75. The number of pyridine rings is 1. The average Bonchev–Trinajstić information content (AvgIpc) is 3.02. The normalized spacial score (nSPS) is 11.4. The summed E-state index contributed by atoms with van der Waals surface area (Å²) in [7, 11) is 2.04. The topological polar surface area (TPSA) is 40.8 Å². The number of fused-ring (bicyclic) bond motifs is 3. The molecule has 27 heavy (non-hydrogen) atoms. The molecule has 0 radical (unpaired) electrons. The maximum absolute atomic E-state index is 9.85. The van der Waals surface area contributed by atoms with Crippen molar-refractivity contribution in [3.8, 4) is 17.3 Å². The molecule has 0 bridgehead atoms. The van der Waals surface area contributed by atoms with Crippen LogP contribution < -0.4 is 4.57 Å². The van der Waals surface area contributed by atoms with Gasteiger partial charge >= 0.3 is 0 Å². The van der Waals surface area contributed by atoms with E-state index in [1.807, 2.05) is 25.4 Å². The van der Waals surface area contributed by atoms with E-state index < -0.39 is 0 Å². The fourth-order valence-electron chi connectivity index (χ4n) is 4.01. The lowest BCUT2D eigenvalue weighted by molar-refractivity contribution is -0.660. The summed E-state index contributed by atoms with van der Waals surface area (Å²) < 4.78 is 8.54. The summed E-state index contributed by atoms with van der Waals surface area (Å²) in [5, 5.41) is 12.0. The van der Waals surface area contributed by atoms with E-state index in [2.05, 4.69) is 62.6 Å². The van der Waals surface area contributed by atoms with E-state index in [1.165, 1.54) is 0 Å². The number of aromatic nitrogens is 1. The Bertz CT molecular complexity index is 1240. The van der Waals surface area contributed by atoms with Crippen LogP contribution >= 0.6 is 0 Å². The third kappa shape index (κ3) is 2.52. The number of rotatable bonds is 2. The first kappa shape index (κ1) is 17.3. The Labute approximate surface area is 159 Å². The molecule has 0 atom stereocenters. The minimum absolute atomic E-state index is 0.268. The molecule has 2 aromatic carbocycles. The summed E-state index contributed by atoms with van der Waals surface area (Å²) in [4.78, 5) is 0. The third-order valence-corrected chi connectivity index (χ3v) is 5.39. The number of furan rings is 1. The lowest BCUT2D eigenvalue weighted by atomic mass is 9.92. The molecule has 0 amide bonds. The van der Waals surface area contributed by atoms with Gasteiger partial charge in [0.05, 0.1) is 11.1 Å². The largest absolute Gasteiger partial charge is 0.454 e.